The molecule has 0 aliphatic carbocycles. The topological polar surface area (TPSA) is 6.48 Å². The molecule has 0 amide bonds. The van der Waals surface area contributed by atoms with E-state index >= 15 is 0 Å². The number of nitrogens with zero attached hydrogens (tertiary/aromatic N) is 2. The minimum Gasteiger partial charge on any atom is -0.298 e. The largest absolute Gasteiger partial charge is 0.298 e. The second-order valence-corrected chi connectivity index (χ2v) is 5.20. The summed E-state index contributed by atoms with van der Waals surface area (Å²) >= 11 is 0. The predicted octanol–water partition coefficient (Wildman–Crippen LogP) is 3.55. The fraction of sp³-hybridized carbons (Fsp3) is 0.647. The SMILES string of the molecule is CC.CCN1CCN(Cc2cccc(C)c2)CC1C. The van der Waals surface area contributed by atoms with Crippen LogP contribution in [-0.2, 0) is 6.54 Å². The molecule has 0 bridgehead atoms. The summed E-state index contributed by atoms with van der Waals surface area (Å²) < 4.78 is 0. The van der Waals surface area contributed by atoms with Crippen LogP contribution in [0.5, 0.6) is 0 Å². The Morgan fingerprint density at radius 2 is 1.95 bits per heavy atom. The van der Waals surface area contributed by atoms with E-state index < -0.39 is 0 Å². The zero-order valence-corrected chi connectivity index (χ0v) is 13.3. The first kappa shape index (κ1) is 16.2. The smallest absolute Gasteiger partial charge is 0.0235 e. The van der Waals surface area contributed by atoms with Crippen molar-refractivity contribution in [2.24, 2.45) is 0 Å². The Balaban J connectivity index is 0.000000861. The highest BCUT2D eigenvalue weighted by molar-refractivity contribution is 5.22. The van der Waals surface area contributed by atoms with E-state index in [1.807, 2.05) is 13.8 Å². The minimum atomic E-state index is 0.693. The van der Waals surface area contributed by atoms with Gasteiger partial charge in [0.15, 0.2) is 0 Å². The molecule has 0 N–H and O–H groups in total. The average Bonchev–Trinajstić information content (AvgIpc) is 2.41. The lowest BCUT2D eigenvalue weighted by molar-refractivity contribution is 0.0834. The Hall–Kier alpha value is -0.860. The molecule has 0 spiro atoms. The third-order valence-corrected chi connectivity index (χ3v) is 3.74. The molecule has 1 aromatic carbocycles. The molecule has 108 valence electrons. The lowest BCUT2D eigenvalue weighted by Gasteiger charge is -2.39. The van der Waals surface area contributed by atoms with Crippen LogP contribution in [-0.4, -0.2) is 42.0 Å². The molecular formula is C17H30N2. The van der Waals surface area contributed by atoms with Crippen LogP contribution in [0.3, 0.4) is 0 Å². The predicted molar refractivity (Wildman–Crippen MR) is 84.5 cm³/mol. The second-order valence-electron chi connectivity index (χ2n) is 5.20. The Kier molecular flexibility index (Phi) is 7.11. The number of benzene rings is 1. The maximum absolute atomic E-state index is 2.58. The number of piperazine rings is 1. The zero-order valence-electron chi connectivity index (χ0n) is 13.3. The maximum atomic E-state index is 2.58. The van der Waals surface area contributed by atoms with Crippen LogP contribution >= 0.6 is 0 Å². The van der Waals surface area contributed by atoms with Gasteiger partial charge < -0.3 is 0 Å². The van der Waals surface area contributed by atoms with E-state index in [1.165, 1.54) is 37.3 Å². The lowest BCUT2D eigenvalue weighted by Crippen LogP contribution is -2.51. The summed E-state index contributed by atoms with van der Waals surface area (Å²) in [4.78, 5) is 5.14. The Bertz CT molecular complexity index is 362. The van der Waals surface area contributed by atoms with Gasteiger partial charge in [0.25, 0.3) is 0 Å². The van der Waals surface area contributed by atoms with E-state index in [0.29, 0.717) is 6.04 Å². The molecule has 0 radical (unpaired) electrons. The van der Waals surface area contributed by atoms with E-state index in [9.17, 15) is 0 Å². The summed E-state index contributed by atoms with van der Waals surface area (Å²) in [6.07, 6.45) is 0. The third kappa shape index (κ3) is 4.96. The highest BCUT2D eigenvalue weighted by Gasteiger charge is 2.21. The molecule has 1 atom stereocenters. The Morgan fingerprint density at radius 3 is 2.53 bits per heavy atom. The molecule has 0 aromatic heterocycles. The molecular weight excluding hydrogens is 232 g/mol. The van der Waals surface area contributed by atoms with E-state index in [-0.39, 0.29) is 0 Å². The fourth-order valence-corrected chi connectivity index (χ4v) is 2.75. The van der Waals surface area contributed by atoms with E-state index in [1.54, 1.807) is 0 Å². The van der Waals surface area contributed by atoms with Crippen molar-refractivity contribution >= 4 is 0 Å². The molecule has 2 heteroatoms. The van der Waals surface area contributed by atoms with E-state index in [2.05, 4.69) is 54.8 Å². The minimum absolute atomic E-state index is 0.693. The van der Waals surface area contributed by atoms with Crippen molar-refractivity contribution in [1.29, 1.82) is 0 Å². The van der Waals surface area contributed by atoms with Crippen molar-refractivity contribution in [2.45, 2.75) is 47.2 Å². The van der Waals surface area contributed by atoms with Gasteiger partial charge in [0.2, 0.25) is 0 Å². The van der Waals surface area contributed by atoms with Crippen LogP contribution in [0.4, 0.5) is 0 Å². The Labute approximate surface area is 119 Å². The average molecular weight is 262 g/mol. The van der Waals surface area contributed by atoms with Gasteiger partial charge in [0.1, 0.15) is 0 Å². The first-order valence-electron chi connectivity index (χ1n) is 7.71. The number of rotatable bonds is 3. The normalized spacial score (nSPS) is 20.8. The monoisotopic (exact) mass is 262 g/mol. The van der Waals surface area contributed by atoms with Crippen LogP contribution in [0.1, 0.15) is 38.8 Å². The number of hydrogen-bond donors (Lipinski definition) is 0. The second kappa shape index (κ2) is 8.34. The molecule has 0 saturated carbocycles. The van der Waals surface area contributed by atoms with Crippen LogP contribution in [0.2, 0.25) is 0 Å². The third-order valence-electron chi connectivity index (χ3n) is 3.74. The van der Waals surface area contributed by atoms with Gasteiger partial charge in [-0.1, -0.05) is 50.6 Å². The lowest BCUT2D eigenvalue weighted by atomic mass is 10.1. The van der Waals surface area contributed by atoms with Crippen molar-refractivity contribution < 1.29 is 0 Å². The summed E-state index contributed by atoms with van der Waals surface area (Å²) in [7, 11) is 0. The van der Waals surface area contributed by atoms with Crippen LogP contribution in [0, 0.1) is 6.92 Å². The molecule has 1 aromatic rings. The number of likely N-dealkylation sites (N-methyl/N-ethyl adjacent to an activating group) is 1. The van der Waals surface area contributed by atoms with Gasteiger partial charge in [-0.3, -0.25) is 9.80 Å². The highest BCUT2D eigenvalue weighted by atomic mass is 15.3. The van der Waals surface area contributed by atoms with Crippen molar-refractivity contribution in [3.05, 3.63) is 35.4 Å². The van der Waals surface area contributed by atoms with Gasteiger partial charge in [0, 0.05) is 32.2 Å². The molecule has 2 nitrogen and oxygen atoms in total. The summed E-state index contributed by atoms with van der Waals surface area (Å²) in [5.74, 6) is 0. The first-order chi connectivity index (χ1) is 9.19. The zero-order chi connectivity index (χ0) is 14.3. The van der Waals surface area contributed by atoms with Gasteiger partial charge in [-0.2, -0.15) is 0 Å². The molecule has 1 saturated heterocycles. The highest BCUT2D eigenvalue weighted by Crippen LogP contribution is 2.13. The van der Waals surface area contributed by atoms with Crippen molar-refractivity contribution in [3.63, 3.8) is 0 Å². The number of aryl methyl sites for hydroxylation is 1. The standard InChI is InChI=1S/C15H24N2.C2H6/c1-4-17-9-8-16(11-14(17)3)12-15-7-5-6-13(2)10-15;1-2/h5-7,10,14H,4,8-9,11-12H2,1-3H3;1-2H3. The molecule has 1 heterocycles. The van der Waals surface area contributed by atoms with Crippen LogP contribution in [0.25, 0.3) is 0 Å². The van der Waals surface area contributed by atoms with Crippen molar-refractivity contribution in [3.8, 4) is 0 Å². The molecule has 1 aliphatic rings. The van der Waals surface area contributed by atoms with Gasteiger partial charge in [-0.05, 0) is 26.0 Å². The van der Waals surface area contributed by atoms with Crippen LogP contribution < -0.4 is 0 Å². The quantitative estimate of drug-likeness (QED) is 0.822. The summed E-state index contributed by atoms with van der Waals surface area (Å²) in [6.45, 7) is 16.7. The molecule has 2 rings (SSSR count). The molecule has 1 unspecified atom stereocenters. The van der Waals surface area contributed by atoms with Crippen molar-refractivity contribution in [2.75, 3.05) is 26.2 Å². The molecule has 19 heavy (non-hydrogen) atoms. The van der Waals surface area contributed by atoms with Gasteiger partial charge >= 0.3 is 0 Å². The summed E-state index contributed by atoms with van der Waals surface area (Å²) in [6, 6.07) is 9.57. The van der Waals surface area contributed by atoms with E-state index in [4.69, 9.17) is 0 Å². The number of hydrogen-bond acceptors (Lipinski definition) is 2. The molecule has 1 fully saturated rings. The maximum Gasteiger partial charge on any atom is 0.0235 e. The van der Waals surface area contributed by atoms with Crippen LogP contribution in [0.15, 0.2) is 24.3 Å². The summed E-state index contributed by atoms with van der Waals surface area (Å²) in [5, 5.41) is 0. The fourth-order valence-electron chi connectivity index (χ4n) is 2.75. The van der Waals surface area contributed by atoms with E-state index in [0.717, 1.165) is 6.54 Å². The first-order valence-corrected chi connectivity index (χ1v) is 7.71. The summed E-state index contributed by atoms with van der Waals surface area (Å²) in [5.41, 5.74) is 2.81. The van der Waals surface area contributed by atoms with Gasteiger partial charge in [-0.15, -0.1) is 0 Å². The Morgan fingerprint density at radius 1 is 1.21 bits per heavy atom. The van der Waals surface area contributed by atoms with Gasteiger partial charge in [-0.25, -0.2) is 0 Å². The van der Waals surface area contributed by atoms with Gasteiger partial charge in [0.05, 0.1) is 0 Å². The molecule has 1 aliphatic heterocycles. The van der Waals surface area contributed by atoms with Crippen molar-refractivity contribution in [1.82, 2.24) is 9.80 Å².